The van der Waals surface area contributed by atoms with E-state index in [9.17, 15) is 16.8 Å². The second kappa shape index (κ2) is 5.12. The first-order valence-corrected chi connectivity index (χ1v) is 9.81. The van der Waals surface area contributed by atoms with Crippen LogP contribution in [0.25, 0.3) is 0 Å². The van der Waals surface area contributed by atoms with Crippen molar-refractivity contribution in [1.29, 1.82) is 0 Å². The highest BCUT2D eigenvalue weighted by Crippen LogP contribution is 2.36. The Morgan fingerprint density at radius 1 is 0.889 bits per heavy atom. The van der Waals surface area contributed by atoms with E-state index in [2.05, 4.69) is 0 Å². The van der Waals surface area contributed by atoms with Crippen LogP contribution in [0.3, 0.4) is 0 Å². The lowest BCUT2D eigenvalue weighted by atomic mass is 9.93. The zero-order valence-corrected chi connectivity index (χ0v) is 14.1. The molecule has 0 amide bonds. The fourth-order valence-electron chi connectivity index (χ4n) is 1.51. The van der Waals surface area contributed by atoms with Crippen molar-refractivity contribution >= 4 is 17.7 Å². The lowest BCUT2D eigenvalue weighted by Gasteiger charge is -2.32. The summed E-state index contributed by atoms with van der Waals surface area (Å²) in [5, 5.41) is -0.924. The zero-order valence-electron chi connectivity index (χ0n) is 12.4. The van der Waals surface area contributed by atoms with E-state index in [1.165, 1.54) is 13.8 Å². The maximum atomic E-state index is 12.4. The quantitative estimate of drug-likeness (QED) is 0.732. The van der Waals surface area contributed by atoms with Crippen LogP contribution in [-0.4, -0.2) is 26.8 Å². The van der Waals surface area contributed by atoms with E-state index in [-0.39, 0.29) is 0 Å². The molecule has 0 aromatic rings. The molecule has 0 aliphatic rings. The van der Waals surface area contributed by atoms with Crippen LogP contribution in [0, 0.1) is 5.41 Å². The summed E-state index contributed by atoms with van der Waals surface area (Å²) >= 11 is 0. The molecule has 0 aromatic carbocycles. The summed E-state index contributed by atoms with van der Waals surface area (Å²) < 4.78 is 48.4. The summed E-state index contributed by atoms with van der Waals surface area (Å²) in [5.74, 6) is 0. The number of hydrogen-bond donors (Lipinski definition) is 0. The summed E-state index contributed by atoms with van der Waals surface area (Å²) in [7, 11) is -8.42. The molecular weight excluding hydrogens is 272 g/mol. The number of hydrogen-bond acceptors (Lipinski definition) is 4. The lowest BCUT2D eigenvalue weighted by molar-refractivity contribution is 0.394. The minimum absolute atomic E-state index is 0.294. The Kier molecular flexibility index (Phi) is 5.09. The molecule has 18 heavy (non-hydrogen) atoms. The van der Waals surface area contributed by atoms with E-state index in [1.54, 1.807) is 34.6 Å². The van der Waals surface area contributed by atoms with E-state index in [0.29, 0.717) is 12.8 Å². The molecule has 6 heteroatoms. The van der Waals surface area contributed by atoms with E-state index < -0.39 is 33.2 Å². The van der Waals surface area contributed by atoms with Gasteiger partial charge in [0.15, 0.2) is 0 Å². The molecule has 1 atom stereocenters. The van der Waals surface area contributed by atoms with Gasteiger partial charge in [-0.25, -0.2) is 16.8 Å². The van der Waals surface area contributed by atoms with E-state index in [4.69, 9.17) is 0 Å². The largest absolute Gasteiger partial charge is 0.259 e. The summed E-state index contributed by atoms with van der Waals surface area (Å²) in [4.78, 5) is 0. The Morgan fingerprint density at radius 3 is 1.44 bits per heavy atom. The molecule has 1 unspecified atom stereocenters. The summed E-state index contributed by atoms with van der Waals surface area (Å²) in [5.41, 5.74) is -0.603. The molecule has 0 rings (SSSR count). The first kappa shape index (κ1) is 17.9. The highest BCUT2D eigenvalue weighted by Gasteiger charge is 2.50. The molecule has 0 radical (unpaired) electrons. The first-order chi connectivity index (χ1) is 7.78. The first-order valence-electron chi connectivity index (χ1n) is 6.26. The van der Waals surface area contributed by atoms with Crippen molar-refractivity contribution in [3.63, 3.8) is 0 Å². The van der Waals surface area contributed by atoms with Gasteiger partial charge in [0.05, 0.1) is 10.00 Å². The predicted octanol–water partition coefficient (Wildman–Crippen LogP) is 2.74. The van der Waals surface area contributed by atoms with Gasteiger partial charge in [-0.15, -0.1) is 0 Å². The van der Waals surface area contributed by atoms with Crippen LogP contribution < -0.4 is 0 Å². The summed E-state index contributed by atoms with van der Waals surface area (Å²) in [6.45, 7) is 11.6. The molecule has 0 aliphatic carbocycles. The Hall–Kier alpha value is -0.100. The van der Waals surface area contributed by atoms with Crippen LogP contribution in [0.2, 0.25) is 0 Å². The van der Waals surface area contributed by atoms with Gasteiger partial charge in [0, 0.05) is 0 Å². The average Bonchev–Trinajstić information content (AvgIpc) is 2.24. The predicted molar refractivity (Wildman–Crippen MR) is 75.7 cm³/mol. The molecule has 0 saturated carbocycles. The normalized spacial score (nSPS) is 16.6. The molecule has 0 aliphatic heterocycles. The molecule has 0 aromatic heterocycles. The standard InChI is InChI=1S/C12H26O4S2/c1-8-12(7,9-2)18(15,16)17(13,14)10(3)11(4,5)6/h10H,8-9H2,1-7H3. The lowest BCUT2D eigenvalue weighted by Crippen LogP contribution is -2.45. The van der Waals surface area contributed by atoms with E-state index in [0.717, 1.165) is 0 Å². The van der Waals surface area contributed by atoms with Crippen LogP contribution in [0.15, 0.2) is 0 Å². The Labute approximate surface area is 111 Å². The monoisotopic (exact) mass is 298 g/mol. The van der Waals surface area contributed by atoms with E-state index >= 15 is 0 Å². The Bertz CT molecular complexity index is 477. The molecule has 0 bridgehead atoms. The third kappa shape index (κ3) is 2.74. The second-order valence-corrected chi connectivity index (χ2v) is 12.4. The smallest absolute Gasteiger partial charge is 0.212 e. The number of rotatable bonds is 5. The van der Waals surface area contributed by atoms with Gasteiger partial charge in [-0.1, -0.05) is 34.6 Å². The van der Waals surface area contributed by atoms with E-state index in [1.807, 2.05) is 0 Å². The molecule has 0 heterocycles. The van der Waals surface area contributed by atoms with Crippen LogP contribution in [0.5, 0.6) is 0 Å². The van der Waals surface area contributed by atoms with Crippen LogP contribution in [0.4, 0.5) is 0 Å². The highest BCUT2D eigenvalue weighted by molar-refractivity contribution is 8.67. The summed E-state index contributed by atoms with van der Waals surface area (Å²) in [6.07, 6.45) is 0.587. The minimum Gasteiger partial charge on any atom is -0.212 e. The minimum atomic E-state index is -4.21. The van der Waals surface area contributed by atoms with Gasteiger partial charge in [0.1, 0.15) is 0 Å². The van der Waals surface area contributed by atoms with Gasteiger partial charge in [-0.3, -0.25) is 0 Å². The van der Waals surface area contributed by atoms with Gasteiger partial charge in [0.2, 0.25) is 0 Å². The molecule has 0 N–H and O–H groups in total. The third-order valence-electron chi connectivity index (χ3n) is 4.06. The second-order valence-electron chi connectivity index (χ2n) is 6.11. The highest BCUT2D eigenvalue weighted by atomic mass is 33.2. The van der Waals surface area contributed by atoms with Gasteiger partial charge < -0.3 is 0 Å². The Morgan fingerprint density at radius 2 is 1.22 bits per heavy atom. The third-order valence-corrected chi connectivity index (χ3v) is 11.9. The zero-order chi connectivity index (χ0) is 15.0. The van der Waals surface area contributed by atoms with Crippen LogP contribution in [-0.2, 0) is 17.7 Å². The molecular formula is C12H26O4S2. The van der Waals surface area contributed by atoms with Crippen molar-refractivity contribution in [1.82, 2.24) is 0 Å². The fourth-order valence-corrected chi connectivity index (χ4v) is 8.42. The van der Waals surface area contributed by atoms with Gasteiger partial charge in [-0.05, 0) is 32.1 Å². The topological polar surface area (TPSA) is 68.3 Å². The Balaban J connectivity index is 5.94. The molecule has 0 fully saturated rings. The van der Waals surface area contributed by atoms with Crippen LogP contribution >= 0.6 is 0 Å². The maximum absolute atomic E-state index is 12.4. The summed E-state index contributed by atoms with van der Waals surface area (Å²) in [6, 6.07) is 0. The van der Waals surface area contributed by atoms with Crippen molar-refractivity contribution in [2.24, 2.45) is 5.41 Å². The van der Waals surface area contributed by atoms with Crippen molar-refractivity contribution in [3.8, 4) is 0 Å². The fraction of sp³-hybridized carbons (Fsp3) is 1.00. The van der Waals surface area contributed by atoms with Gasteiger partial charge in [0.25, 0.3) is 17.7 Å². The van der Waals surface area contributed by atoms with Gasteiger partial charge >= 0.3 is 0 Å². The van der Waals surface area contributed by atoms with Gasteiger partial charge in [-0.2, -0.15) is 0 Å². The van der Waals surface area contributed by atoms with Crippen molar-refractivity contribution in [3.05, 3.63) is 0 Å². The average molecular weight is 298 g/mol. The SMILES string of the molecule is CCC(C)(CC)S(=O)(=O)S(=O)(=O)C(C)C(C)(C)C. The molecule has 4 nitrogen and oxygen atoms in total. The maximum Gasteiger partial charge on any atom is 0.259 e. The molecule has 0 spiro atoms. The van der Waals surface area contributed by atoms with Crippen molar-refractivity contribution in [2.75, 3.05) is 0 Å². The van der Waals surface area contributed by atoms with Crippen molar-refractivity contribution < 1.29 is 16.8 Å². The molecule has 0 saturated heterocycles. The van der Waals surface area contributed by atoms with Crippen LogP contribution in [0.1, 0.15) is 61.3 Å². The molecule has 110 valence electrons. The van der Waals surface area contributed by atoms with Crippen molar-refractivity contribution in [2.45, 2.75) is 71.3 Å².